The largest absolute Gasteiger partial charge is 0.483 e. The number of carbonyl (C=O) groups is 2. The topological polar surface area (TPSA) is 98.2 Å². The number of hydrogen-bond donors (Lipinski definition) is 1. The molecule has 1 N–H and O–H groups in total. The Morgan fingerprint density at radius 3 is 2.19 bits per heavy atom. The summed E-state index contributed by atoms with van der Waals surface area (Å²) in [6, 6.07) is 0. The lowest BCUT2D eigenvalue weighted by Crippen LogP contribution is -2.55. The molecule has 0 bridgehead atoms. The fraction of sp³-hybridized carbons (Fsp3) is 0.889. The average molecular weight is 402 g/mol. The van der Waals surface area contributed by atoms with Crippen LogP contribution in [-0.2, 0) is 19.6 Å². The maximum absolute atomic E-state index is 12.4. The van der Waals surface area contributed by atoms with Crippen LogP contribution in [0.15, 0.2) is 0 Å². The lowest BCUT2D eigenvalue weighted by molar-refractivity contribution is -0.132. The number of rotatable bonds is 5. The van der Waals surface area contributed by atoms with E-state index < -0.39 is 10.0 Å². The van der Waals surface area contributed by atoms with Crippen molar-refractivity contribution in [1.82, 2.24) is 14.1 Å². The molecule has 1 spiro atoms. The predicted octanol–water partition coefficient (Wildman–Crippen LogP) is 0.732. The maximum atomic E-state index is 12.4. The van der Waals surface area contributed by atoms with Gasteiger partial charge in [0.1, 0.15) is 0 Å². The van der Waals surface area contributed by atoms with Crippen molar-refractivity contribution in [2.45, 2.75) is 62.2 Å². The van der Waals surface area contributed by atoms with Crippen molar-refractivity contribution in [3.05, 3.63) is 0 Å². The minimum absolute atomic E-state index is 0.0770. The minimum Gasteiger partial charge on any atom is -0.483 e. The summed E-state index contributed by atoms with van der Waals surface area (Å²) in [5, 5.41) is 6.77. The van der Waals surface area contributed by atoms with Crippen molar-refractivity contribution in [2.75, 3.05) is 39.3 Å². The van der Waals surface area contributed by atoms with Crippen LogP contribution in [0.25, 0.3) is 0 Å². The molecule has 1 aliphatic carbocycles. The molecule has 4 fully saturated rings. The number of nitrogens with zero attached hydrogens (tertiary/aromatic N) is 3. The molecule has 9 heteroatoms. The molecule has 154 valence electrons. The van der Waals surface area contributed by atoms with Gasteiger partial charge in [-0.25, -0.2) is 12.7 Å². The molecule has 27 heavy (non-hydrogen) atoms. The van der Waals surface area contributed by atoms with Crippen LogP contribution < -0.4 is 0 Å². The van der Waals surface area contributed by atoms with E-state index >= 15 is 0 Å². The predicted molar refractivity (Wildman–Crippen MR) is 101 cm³/mol. The van der Waals surface area contributed by atoms with Gasteiger partial charge in [0.2, 0.25) is 15.9 Å². The third-order valence-corrected chi connectivity index (χ3v) is 8.87. The van der Waals surface area contributed by atoms with Crippen LogP contribution in [0, 0.1) is 0 Å². The van der Waals surface area contributed by atoms with Crippen LogP contribution in [0.2, 0.25) is 0 Å². The molecular weight excluding hydrogens is 370 g/mol. The fourth-order valence-electron chi connectivity index (χ4n) is 4.74. The van der Waals surface area contributed by atoms with Crippen molar-refractivity contribution in [1.29, 1.82) is 0 Å². The Morgan fingerprint density at radius 1 is 1.04 bits per heavy atom. The monoisotopic (exact) mass is 401 g/mol. The first-order valence-electron chi connectivity index (χ1n) is 10.0. The van der Waals surface area contributed by atoms with Crippen molar-refractivity contribution < 1.29 is 23.1 Å². The summed E-state index contributed by atoms with van der Waals surface area (Å²) in [6.07, 6.45) is 7.35. The van der Waals surface area contributed by atoms with Crippen LogP contribution in [-0.4, -0.2) is 90.1 Å². The summed E-state index contributed by atoms with van der Waals surface area (Å²) in [6.45, 7) is 5.02. The van der Waals surface area contributed by atoms with E-state index in [0.29, 0.717) is 19.5 Å². The van der Waals surface area contributed by atoms with Gasteiger partial charge in [-0.1, -0.05) is 0 Å². The van der Waals surface area contributed by atoms with Gasteiger partial charge in [0.05, 0.1) is 5.25 Å². The second-order valence-corrected chi connectivity index (χ2v) is 10.3. The molecule has 0 unspecified atom stereocenters. The Morgan fingerprint density at radius 2 is 1.63 bits per heavy atom. The van der Waals surface area contributed by atoms with Gasteiger partial charge in [-0.3, -0.25) is 9.59 Å². The van der Waals surface area contributed by atoms with Crippen LogP contribution >= 0.6 is 0 Å². The lowest BCUT2D eigenvalue weighted by atomic mass is 9.86. The third kappa shape index (κ3) is 4.46. The molecule has 3 saturated heterocycles. The Labute approximate surface area is 161 Å². The molecule has 1 amide bonds. The number of carboxylic acid groups (broad SMARTS) is 1. The van der Waals surface area contributed by atoms with E-state index in [9.17, 15) is 13.2 Å². The van der Waals surface area contributed by atoms with Crippen molar-refractivity contribution >= 4 is 22.4 Å². The number of sulfonamides is 1. The minimum atomic E-state index is -3.07. The van der Waals surface area contributed by atoms with E-state index in [1.165, 1.54) is 12.8 Å². The smallest absolute Gasteiger partial charge is 0.290 e. The van der Waals surface area contributed by atoms with Crippen LogP contribution in [0.4, 0.5) is 0 Å². The number of hydrogen-bond acceptors (Lipinski definition) is 5. The molecule has 4 rings (SSSR count). The standard InChI is InChI=1S/C17H29N3O3S.CH2O2/c21-16-5-6-17(20(16)14-13-18-9-1-2-10-18)7-11-19(12-8-17)24(22,23)15-3-4-15;2-1-3/h15H,1-14H2;1H,(H,2,3). The first kappa shape index (κ1) is 20.5. The second-order valence-electron chi connectivity index (χ2n) is 8.07. The maximum Gasteiger partial charge on any atom is 0.290 e. The van der Waals surface area contributed by atoms with Gasteiger partial charge in [-0.15, -0.1) is 0 Å². The Kier molecular flexibility index (Phi) is 6.43. The summed E-state index contributed by atoms with van der Waals surface area (Å²) < 4.78 is 26.6. The first-order valence-corrected chi connectivity index (χ1v) is 11.5. The first-order chi connectivity index (χ1) is 12.9. The Hall–Kier alpha value is -1.19. The van der Waals surface area contributed by atoms with Gasteiger partial charge in [-0.2, -0.15) is 0 Å². The van der Waals surface area contributed by atoms with Crippen LogP contribution in [0.3, 0.4) is 0 Å². The van der Waals surface area contributed by atoms with Gasteiger partial charge >= 0.3 is 0 Å². The number of carbonyl (C=O) groups excluding carboxylic acids is 1. The van der Waals surface area contributed by atoms with Crippen molar-refractivity contribution in [2.24, 2.45) is 0 Å². The highest BCUT2D eigenvalue weighted by Gasteiger charge is 2.49. The summed E-state index contributed by atoms with van der Waals surface area (Å²) in [5.74, 6) is 0.271. The zero-order valence-electron chi connectivity index (χ0n) is 15.9. The summed E-state index contributed by atoms with van der Waals surface area (Å²) in [5.41, 5.74) is -0.0770. The van der Waals surface area contributed by atoms with E-state index in [2.05, 4.69) is 9.80 Å². The Balaban J connectivity index is 0.000000659. The van der Waals surface area contributed by atoms with Gasteiger partial charge in [0.25, 0.3) is 6.47 Å². The van der Waals surface area contributed by atoms with Gasteiger partial charge in [-0.05, 0) is 58.0 Å². The van der Waals surface area contributed by atoms with Gasteiger partial charge in [0.15, 0.2) is 0 Å². The quantitative estimate of drug-likeness (QED) is 0.682. The number of amides is 1. The Bertz CT molecular complexity index is 635. The van der Waals surface area contributed by atoms with Gasteiger partial charge in [0, 0.05) is 38.1 Å². The highest BCUT2D eigenvalue weighted by molar-refractivity contribution is 7.90. The zero-order valence-corrected chi connectivity index (χ0v) is 16.7. The highest BCUT2D eigenvalue weighted by atomic mass is 32.2. The molecule has 0 aromatic carbocycles. The van der Waals surface area contributed by atoms with Crippen molar-refractivity contribution in [3.8, 4) is 0 Å². The van der Waals surface area contributed by atoms with E-state index in [4.69, 9.17) is 9.90 Å². The molecule has 4 aliphatic rings. The van der Waals surface area contributed by atoms with E-state index in [-0.39, 0.29) is 23.2 Å². The molecule has 0 atom stereocenters. The molecule has 1 saturated carbocycles. The zero-order chi connectivity index (χ0) is 19.5. The average Bonchev–Trinajstić information content (AvgIpc) is 3.32. The number of piperidine rings is 1. The van der Waals surface area contributed by atoms with E-state index in [1.807, 2.05) is 0 Å². The normalized spacial score (nSPS) is 26.2. The second kappa shape index (κ2) is 8.45. The SMILES string of the molecule is O=C1CCC2(CCN(S(=O)(=O)C3CC3)CC2)N1CCN1CCCC1.O=CO. The molecule has 0 radical (unpaired) electrons. The van der Waals surface area contributed by atoms with Gasteiger partial charge < -0.3 is 14.9 Å². The molecule has 0 aromatic rings. The summed E-state index contributed by atoms with van der Waals surface area (Å²) in [4.78, 5) is 25.3. The molecule has 8 nitrogen and oxygen atoms in total. The van der Waals surface area contributed by atoms with E-state index in [1.54, 1.807) is 4.31 Å². The molecule has 3 heterocycles. The molecule has 0 aromatic heterocycles. The van der Waals surface area contributed by atoms with Crippen LogP contribution in [0.5, 0.6) is 0 Å². The number of likely N-dealkylation sites (tertiary alicyclic amines) is 2. The molecule has 3 aliphatic heterocycles. The van der Waals surface area contributed by atoms with E-state index in [0.717, 1.165) is 58.3 Å². The fourth-order valence-corrected chi connectivity index (χ4v) is 6.58. The van der Waals surface area contributed by atoms with Crippen LogP contribution in [0.1, 0.15) is 51.4 Å². The molecular formula is C18H31N3O5S. The summed E-state index contributed by atoms with van der Waals surface area (Å²) >= 11 is 0. The lowest BCUT2D eigenvalue weighted by Gasteiger charge is -2.45. The van der Waals surface area contributed by atoms with Crippen molar-refractivity contribution in [3.63, 3.8) is 0 Å². The highest BCUT2D eigenvalue weighted by Crippen LogP contribution is 2.41. The third-order valence-electron chi connectivity index (χ3n) is 6.48. The summed E-state index contributed by atoms with van der Waals surface area (Å²) in [7, 11) is -3.07.